The zero-order valence-electron chi connectivity index (χ0n) is 7.35. The van der Waals surface area contributed by atoms with Gasteiger partial charge < -0.3 is 5.11 Å². The molecule has 1 aromatic carbocycles. The normalized spacial score (nSPS) is 14.0. The van der Waals surface area contributed by atoms with Crippen LogP contribution in [0.1, 0.15) is 5.56 Å². The average molecular weight is 243 g/mol. The Hall–Kier alpha value is -0.810. The minimum Gasteiger partial charge on any atom is -0.383 e. The molecule has 1 nitrogen and oxygen atoms in total. The van der Waals surface area contributed by atoms with Crippen LogP contribution in [0.15, 0.2) is 18.2 Å². The van der Waals surface area contributed by atoms with E-state index in [0.717, 1.165) is 6.07 Å². The predicted octanol–water partition coefficient (Wildman–Crippen LogP) is 2.94. The first-order valence-electron chi connectivity index (χ1n) is 4.00. The van der Waals surface area contributed by atoms with Gasteiger partial charge in [-0.05, 0) is 12.1 Å². The van der Waals surface area contributed by atoms with Gasteiger partial charge in [-0.2, -0.15) is 13.2 Å². The molecule has 1 rings (SSSR count). The zero-order valence-corrected chi connectivity index (χ0v) is 8.11. The van der Waals surface area contributed by atoms with Gasteiger partial charge in [-0.25, -0.2) is 4.39 Å². The molecular weight excluding hydrogens is 236 g/mol. The van der Waals surface area contributed by atoms with Crippen LogP contribution in [0.2, 0.25) is 5.02 Å². The van der Waals surface area contributed by atoms with Gasteiger partial charge in [-0.3, -0.25) is 0 Å². The molecule has 0 spiro atoms. The highest BCUT2D eigenvalue weighted by atomic mass is 35.5. The Labute approximate surface area is 88.3 Å². The lowest BCUT2D eigenvalue weighted by molar-refractivity contribution is -0.203. The summed E-state index contributed by atoms with van der Waals surface area (Å²) in [4.78, 5) is 0. The first-order chi connectivity index (χ1) is 6.82. The van der Waals surface area contributed by atoms with Crippen molar-refractivity contribution in [3.05, 3.63) is 34.6 Å². The summed E-state index contributed by atoms with van der Waals surface area (Å²) in [7, 11) is 0. The van der Waals surface area contributed by atoms with Crippen molar-refractivity contribution < 1.29 is 22.7 Å². The van der Waals surface area contributed by atoms with Crippen LogP contribution in [0.3, 0.4) is 0 Å². The monoisotopic (exact) mass is 242 g/mol. The second-order valence-electron chi connectivity index (χ2n) is 2.96. The molecule has 0 heterocycles. The van der Waals surface area contributed by atoms with Crippen molar-refractivity contribution >= 4 is 11.6 Å². The van der Waals surface area contributed by atoms with E-state index in [-0.39, 0.29) is 10.6 Å². The maximum absolute atomic E-state index is 13.0. The summed E-state index contributed by atoms with van der Waals surface area (Å²) in [5, 5.41) is 8.61. The third kappa shape index (κ3) is 3.07. The van der Waals surface area contributed by atoms with E-state index in [4.69, 9.17) is 16.7 Å². The molecule has 1 aromatic rings. The fourth-order valence-corrected chi connectivity index (χ4v) is 1.28. The summed E-state index contributed by atoms with van der Waals surface area (Å²) >= 11 is 5.51. The molecule has 0 saturated heterocycles. The van der Waals surface area contributed by atoms with Gasteiger partial charge in [0.15, 0.2) is 6.10 Å². The van der Waals surface area contributed by atoms with E-state index < -0.39 is 24.5 Å². The van der Waals surface area contributed by atoms with Gasteiger partial charge in [0.25, 0.3) is 0 Å². The Kier molecular flexibility index (Phi) is 3.57. The number of hydrogen-bond acceptors (Lipinski definition) is 1. The van der Waals surface area contributed by atoms with Crippen LogP contribution in [0.5, 0.6) is 0 Å². The number of halogens is 5. The van der Waals surface area contributed by atoms with Crippen molar-refractivity contribution in [1.29, 1.82) is 0 Å². The van der Waals surface area contributed by atoms with Crippen LogP contribution in [0, 0.1) is 5.82 Å². The van der Waals surface area contributed by atoms with Crippen molar-refractivity contribution in [3.8, 4) is 0 Å². The molecule has 0 aliphatic heterocycles. The molecule has 15 heavy (non-hydrogen) atoms. The zero-order chi connectivity index (χ0) is 11.6. The summed E-state index contributed by atoms with van der Waals surface area (Å²) in [6.07, 6.45) is -8.26. The van der Waals surface area contributed by atoms with E-state index in [1.807, 2.05) is 0 Å². The standard InChI is InChI=1S/C9H7ClF4O/c10-6-2-1-3-7(11)5(6)4-8(15)9(12,13)14/h1-3,8,15H,4H2/t8-/m1/s1. The molecule has 1 atom stereocenters. The molecular formula is C9H7ClF4O. The highest BCUT2D eigenvalue weighted by molar-refractivity contribution is 6.31. The Morgan fingerprint density at radius 3 is 2.40 bits per heavy atom. The van der Waals surface area contributed by atoms with E-state index >= 15 is 0 Å². The fraction of sp³-hybridized carbons (Fsp3) is 0.333. The lowest BCUT2D eigenvalue weighted by atomic mass is 10.1. The van der Waals surface area contributed by atoms with Gasteiger partial charge >= 0.3 is 6.18 Å². The fourth-order valence-electron chi connectivity index (χ4n) is 1.04. The third-order valence-corrected chi connectivity index (χ3v) is 2.19. The summed E-state index contributed by atoms with van der Waals surface area (Å²) < 4.78 is 49.0. The predicted molar refractivity (Wildman–Crippen MR) is 47.2 cm³/mol. The van der Waals surface area contributed by atoms with Crippen LogP contribution >= 0.6 is 11.6 Å². The lowest BCUT2D eigenvalue weighted by Crippen LogP contribution is -2.30. The SMILES string of the molecule is O[C@H](Cc1c(F)cccc1Cl)C(F)(F)F. The highest BCUT2D eigenvalue weighted by Gasteiger charge is 2.38. The van der Waals surface area contributed by atoms with Crippen LogP contribution < -0.4 is 0 Å². The van der Waals surface area contributed by atoms with Gasteiger partial charge in [0.2, 0.25) is 0 Å². The molecule has 0 aromatic heterocycles. The molecule has 0 unspecified atom stereocenters. The summed E-state index contributed by atoms with van der Waals surface area (Å²) in [6, 6.07) is 3.54. The van der Waals surface area contributed by atoms with Crippen molar-refractivity contribution in [2.24, 2.45) is 0 Å². The van der Waals surface area contributed by atoms with Crippen molar-refractivity contribution in [2.75, 3.05) is 0 Å². The third-order valence-electron chi connectivity index (χ3n) is 1.84. The van der Waals surface area contributed by atoms with Crippen LogP contribution in [-0.2, 0) is 6.42 Å². The van der Waals surface area contributed by atoms with Gasteiger partial charge in [-0.1, -0.05) is 17.7 Å². The first-order valence-corrected chi connectivity index (χ1v) is 4.38. The van der Waals surface area contributed by atoms with E-state index in [2.05, 4.69) is 0 Å². The highest BCUT2D eigenvalue weighted by Crippen LogP contribution is 2.27. The Balaban J connectivity index is 2.90. The first kappa shape index (κ1) is 12.3. The maximum atomic E-state index is 13.0. The number of benzene rings is 1. The molecule has 0 saturated carbocycles. The van der Waals surface area contributed by atoms with Gasteiger partial charge in [0.1, 0.15) is 5.82 Å². The maximum Gasteiger partial charge on any atom is 0.414 e. The summed E-state index contributed by atoms with van der Waals surface area (Å²) in [5.74, 6) is -0.856. The smallest absolute Gasteiger partial charge is 0.383 e. The molecule has 0 radical (unpaired) electrons. The quantitative estimate of drug-likeness (QED) is 0.791. The Morgan fingerprint density at radius 2 is 1.93 bits per heavy atom. The Morgan fingerprint density at radius 1 is 1.33 bits per heavy atom. The Bertz CT molecular complexity index is 330. The van der Waals surface area contributed by atoms with E-state index in [0.29, 0.717) is 0 Å². The molecule has 6 heteroatoms. The van der Waals surface area contributed by atoms with Crippen LogP contribution in [-0.4, -0.2) is 17.4 Å². The lowest BCUT2D eigenvalue weighted by Gasteiger charge is -2.15. The largest absolute Gasteiger partial charge is 0.414 e. The second-order valence-corrected chi connectivity index (χ2v) is 3.37. The van der Waals surface area contributed by atoms with Gasteiger partial charge in [-0.15, -0.1) is 0 Å². The topological polar surface area (TPSA) is 20.2 Å². The summed E-state index contributed by atoms with van der Waals surface area (Å²) in [5.41, 5.74) is -0.330. The second kappa shape index (κ2) is 4.37. The van der Waals surface area contributed by atoms with Crippen molar-refractivity contribution in [3.63, 3.8) is 0 Å². The molecule has 0 amide bonds. The molecule has 0 aliphatic carbocycles. The number of aliphatic hydroxyl groups is 1. The summed E-state index contributed by atoms with van der Waals surface area (Å²) in [6.45, 7) is 0. The molecule has 84 valence electrons. The van der Waals surface area contributed by atoms with Crippen molar-refractivity contribution in [2.45, 2.75) is 18.7 Å². The minimum atomic E-state index is -4.77. The van der Waals surface area contributed by atoms with Gasteiger partial charge in [0, 0.05) is 17.0 Å². The number of hydrogen-bond donors (Lipinski definition) is 1. The number of rotatable bonds is 2. The van der Waals surface area contributed by atoms with Crippen LogP contribution in [0.4, 0.5) is 17.6 Å². The van der Waals surface area contributed by atoms with Gasteiger partial charge in [0.05, 0.1) is 0 Å². The van der Waals surface area contributed by atoms with E-state index in [9.17, 15) is 17.6 Å². The van der Waals surface area contributed by atoms with E-state index in [1.54, 1.807) is 0 Å². The molecule has 0 aliphatic rings. The number of aliphatic hydroxyl groups excluding tert-OH is 1. The molecule has 0 fully saturated rings. The number of alkyl halides is 3. The van der Waals surface area contributed by atoms with E-state index in [1.165, 1.54) is 12.1 Å². The molecule has 0 bridgehead atoms. The average Bonchev–Trinajstić information content (AvgIpc) is 2.09. The minimum absolute atomic E-state index is 0.127. The molecule has 1 N–H and O–H groups in total. The van der Waals surface area contributed by atoms with Crippen molar-refractivity contribution in [1.82, 2.24) is 0 Å². The van der Waals surface area contributed by atoms with Crippen LogP contribution in [0.25, 0.3) is 0 Å².